The molecule has 1 heterocycles. The van der Waals surface area contributed by atoms with E-state index in [0.29, 0.717) is 12.3 Å². The van der Waals surface area contributed by atoms with Crippen molar-refractivity contribution in [3.63, 3.8) is 0 Å². The monoisotopic (exact) mass is 295 g/mol. The van der Waals surface area contributed by atoms with Crippen LogP contribution in [0.25, 0.3) is 0 Å². The Bertz CT molecular complexity index is 528. The van der Waals surface area contributed by atoms with Crippen LogP contribution < -0.4 is 5.32 Å². The standard InChI is InChI=1S/C14H14ClNO2S/c15-12-5-2-1-4-11(12)10-19-9-7-16-14(17)13-6-3-8-18-13/h1-6,8H,7,9-10H2,(H,16,17). The van der Waals surface area contributed by atoms with Gasteiger partial charge in [0.25, 0.3) is 5.91 Å². The predicted octanol–water partition coefficient (Wildman–Crippen LogP) is 3.60. The van der Waals surface area contributed by atoms with Crippen LogP contribution in [0, 0.1) is 0 Å². The molecule has 0 aliphatic rings. The first-order valence-electron chi connectivity index (χ1n) is 5.90. The topological polar surface area (TPSA) is 42.2 Å². The molecule has 5 heteroatoms. The van der Waals surface area contributed by atoms with Crippen LogP contribution in [-0.4, -0.2) is 18.2 Å². The van der Waals surface area contributed by atoms with Gasteiger partial charge in [-0.05, 0) is 23.8 Å². The van der Waals surface area contributed by atoms with Crippen molar-refractivity contribution in [3.8, 4) is 0 Å². The highest BCUT2D eigenvalue weighted by Gasteiger charge is 2.06. The van der Waals surface area contributed by atoms with Gasteiger partial charge in [0.15, 0.2) is 5.76 Å². The molecule has 0 aliphatic heterocycles. The summed E-state index contributed by atoms with van der Waals surface area (Å²) in [5, 5.41) is 3.59. The first-order chi connectivity index (χ1) is 9.27. The van der Waals surface area contributed by atoms with E-state index in [-0.39, 0.29) is 5.91 Å². The van der Waals surface area contributed by atoms with Gasteiger partial charge < -0.3 is 9.73 Å². The lowest BCUT2D eigenvalue weighted by atomic mass is 10.2. The van der Waals surface area contributed by atoms with Gasteiger partial charge in [0, 0.05) is 23.1 Å². The lowest BCUT2D eigenvalue weighted by molar-refractivity contribution is 0.0928. The van der Waals surface area contributed by atoms with Crippen molar-refractivity contribution in [2.45, 2.75) is 5.75 Å². The number of furan rings is 1. The molecule has 0 fully saturated rings. The van der Waals surface area contributed by atoms with Gasteiger partial charge in [-0.15, -0.1) is 0 Å². The van der Waals surface area contributed by atoms with Crippen molar-refractivity contribution in [2.24, 2.45) is 0 Å². The Morgan fingerprint density at radius 2 is 2.11 bits per heavy atom. The summed E-state index contributed by atoms with van der Waals surface area (Å²) in [6.07, 6.45) is 1.49. The third kappa shape index (κ3) is 4.33. The average molecular weight is 296 g/mol. The fourth-order valence-corrected chi connectivity index (χ4v) is 2.67. The van der Waals surface area contributed by atoms with Gasteiger partial charge in [-0.3, -0.25) is 4.79 Å². The van der Waals surface area contributed by atoms with Gasteiger partial charge in [0.05, 0.1) is 6.26 Å². The molecule has 1 aromatic carbocycles. The molecule has 0 aliphatic carbocycles. The summed E-state index contributed by atoms with van der Waals surface area (Å²) in [4.78, 5) is 11.6. The zero-order valence-corrected chi connectivity index (χ0v) is 11.8. The van der Waals surface area contributed by atoms with Gasteiger partial charge >= 0.3 is 0 Å². The minimum Gasteiger partial charge on any atom is -0.459 e. The van der Waals surface area contributed by atoms with Crippen LogP contribution in [0.3, 0.4) is 0 Å². The molecule has 0 spiro atoms. The zero-order chi connectivity index (χ0) is 13.5. The Balaban J connectivity index is 1.65. The molecule has 0 unspecified atom stereocenters. The van der Waals surface area contributed by atoms with E-state index in [9.17, 15) is 4.79 Å². The molecule has 100 valence electrons. The Morgan fingerprint density at radius 1 is 1.26 bits per heavy atom. The van der Waals surface area contributed by atoms with Crippen molar-refractivity contribution < 1.29 is 9.21 Å². The second kappa shape index (κ2) is 7.26. The molecule has 1 amide bonds. The van der Waals surface area contributed by atoms with Crippen LogP contribution >= 0.6 is 23.4 Å². The first-order valence-corrected chi connectivity index (χ1v) is 7.43. The molecule has 0 saturated carbocycles. The Hall–Kier alpha value is -1.39. The van der Waals surface area contributed by atoms with Crippen molar-refractivity contribution in [2.75, 3.05) is 12.3 Å². The number of nitrogens with one attached hydrogen (secondary N) is 1. The molecular formula is C14H14ClNO2S. The summed E-state index contributed by atoms with van der Waals surface area (Å²) >= 11 is 7.79. The number of benzene rings is 1. The highest BCUT2D eigenvalue weighted by Crippen LogP contribution is 2.20. The van der Waals surface area contributed by atoms with Gasteiger partial charge in [-0.2, -0.15) is 11.8 Å². The van der Waals surface area contributed by atoms with Crippen LogP contribution in [0.4, 0.5) is 0 Å². The summed E-state index contributed by atoms with van der Waals surface area (Å²) in [5.41, 5.74) is 1.12. The van der Waals surface area contributed by atoms with Crippen LogP contribution in [0.2, 0.25) is 5.02 Å². The number of amides is 1. The molecule has 0 bridgehead atoms. The zero-order valence-electron chi connectivity index (χ0n) is 10.3. The highest BCUT2D eigenvalue weighted by molar-refractivity contribution is 7.98. The lowest BCUT2D eigenvalue weighted by Crippen LogP contribution is -2.25. The Labute approximate surface area is 121 Å². The second-order valence-electron chi connectivity index (χ2n) is 3.88. The van der Waals surface area contributed by atoms with E-state index in [1.54, 1.807) is 23.9 Å². The van der Waals surface area contributed by atoms with E-state index in [2.05, 4.69) is 5.32 Å². The van der Waals surface area contributed by atoms with Crippen LogP contribution in [-0.2, 0) is 5.75 Å². The average Bonchev–Trinajstić information content (AvgIpc) is 2.94. The number of hydrogen-bond donors (Lipinski definition) is 1. The molecule has 19 heavy (non-hydrogen) atoms. The predicted molar refractivity (Wildman–Crippen MR) is 78.7 cm³/mol. The fourth-order valence-electron chi connectivity index (χ4n) is 1.53. The molecule has 2 aromatic rings. The quantitative estimate of drug-likeness (QED) is 0.828. The molecule has 1 aromatic heterocycles. The van der Waals surface area contributed by atoms with E-state index in [1.807, 2.05) is 24.3 Å². The lowest BCUT2D eigenvalue weighted by Gasteiger charge is -2.05. The van der Waals surface area contributed by atoms with E-state index in [1.165, 1.54) is 6.26 Å². The smallest absolute Gasteiger partial charge is 0.287 e. The molecule has 1 N–H and O–H groups in total. The maximum atomic E-state index is 11.6. The van der Waals surface area contributed by atoms with Crippen molar-refractivity contribution in [3.05, 3.63) is 59.0 Å². The maximum Gasteiger partial charge on any atom is 0.287 e. The Kier molecular flexibility index (Phi) is 5.36. The molecule has 0 saturated heterocycles. The van der Waals surface area contributed by atoms with E-state index in [0.717, 1.165) is 22.1 Å². The van der Waals surface area contributed by atoms with E-state index < -0.39 is 0 Å². The van der Waals surface area contributed by atoms with Crippen molar-refractivity contribution in [1.29, 1.82) is 0 Å². The molecule has 3 nitrogen and oxygen atoms in total. The number of rotatable bonds is 6. The molecule has 2 rings (SSSR count). The summed E-state index contributed by atoms with van der Waals surface area (Å²) in [7, 11) is 0. The number of halogens is 1. The largest absolute Gasteiger partial charge is 0.459 e. The maximum absolute atomic E-state index is 11.6. The van der Waals surface area contributed by atoms with Crippen LogP contribution in [0.15, 0.2) is 47.1 Å². The van der Waals surface area contributed by atoms with Crippen LogP contribution in [0.5, 0.6) is 0 Å². The number of carbonyl (C=O) groups excluding carboxylic acids is 1. The van der Waals surface area contributed by atoms with E-state index >= 15 is 0 Å². The number of carbonyl (C=O) groups is 1. The summed E-state index contributed by atoms with van der Waals surface area (Å²) in [6, 6.07) is 11.1. The fraction of sp³-hybridized carbons (Fsp3) is 0.214. The van der Waals surface area contributed by atoms with Gasteiger partial charge in [0.2, 0.25) is 0 Å². The molecule has 0 atom stereocenters. The summed E-state index contributed by atoms with van der Waals surface area (Å²) in [5.74, 6) is 1.84. The van der Waals surface area contributed by atoms with Gasteiger partial charge in [0.1, 0.15) is 0 Å². The van der Waals surface area contributed by atoms with Crippen molar-refractivity contribution >= 4 is 29.3 Å². The normalized spacial score (nSPS) is 10.4. The van der Waals surface area contributed by atoms with Crippen molar-refractivity contribution in [1.82, 2.24) is 5.32 Å². The molecular weight excluding hydrogens is 282 g/mol. The third-order valence-electron chi connectivity index (χ3n) is 2.49. The minimum atomic E-state index is -0.177. The SMILES string of the molecule is O=C(NCCSCc1ccccc1Cl)c1ccco1. The highest BCUT2D eigenvalue weighted by atomic mass is 35.5. The van der Waals surface area contributed by atoms with Gasteiger partial charge in [-0.1, -0.05) is 29.8 Å². The van der Waals surface area contributed by atoms with Gasteiger partial charge in [-0.25, -0.2) is 0 Å². The Morgan fingerprint density at radius 3 is 2.84 bits per heavy atom. The summed E-state index contributed by atoms with van der Waals surface area (Å²) in [6.45, 7) is 0.606. The van der Waals surface area contributed by atoms with E-state index in [4.69, 9.17) is 16.0 Å². The summed E-state index contributed by atoms with van der Waals surface area (Å²) < 4.78 is 5.00. The first kappa shape index (κ1) is 14.0. The van der Waals surface area contributed by atoms with Crippen LogP contribution in [0.1, 0.15) is 16.1 Å². The number of thioether (sulfide) groups is 1. The second-order valence-corrected chi connectivity index (χ2v) is 5.39. The minimum absolute atomic E-state index is 0.177. The molecule has 0 radical (unpaired) electrons. The number of hydrogen-bond acceptors (Lipinski definition) is 3. The third-order valence-corrected chi connectivity index (χ3v) is 3.87.